The highest BCUT2D eigenvalue weighted by Gasteiger charge is 2.31. The smallest absolute Gasteiger partial charge is 0.205 e. The minimum absolute atomic E-state index is 0.0133. The number of rotatable bonds is 7. The molecule has 0 N–H and O–H groups in total. The van der Waals surface area contributed by atoms with Gasteiger partial charge in [-0.15, -0.1) is 0 Å². The van der Waals surface area contributed by atoms with Crippen molar-refractivity contribution in [1.29, 1.82) is 0 Å². The van der Waals surface area contributed by atoms with Gasteiger partial charge >= 0.3 is 0 Å². The average molecular weight is 313 g/mol. The van der Waals surface area contributed by atoms with Gasteiger partial charge in [-0.3, -0.25) is 0 Å². The van der Waals surface area contributed by atoms with E-state index >= 15 is 0 Å². The molecule has 1 aromatic rings. The lowest BCUT2D eigenvalue weighted by Gasteiger charge is -2.34. The van der Waals surface area contributed by atoms with Crippen molar-refractivity contribution < 1.29 is 8.54 Å². The molecule has 2 nitrogen and oxygen atoms in total. The maximum Gasteiger partial charge on any atom is 0.205 e. The highest BCUT2D eigenvalue weighted by Crippen LogP contribution is 2.17. The quantitative estimate of drug-likeness (QED) is 0.720. The summed E-state index contributed by atoms with van der Waals surface area (Å²) in [5.74, 6) is 0. The second-order valence-corrected chi connectivity index (χ2v) is 15.0. The van der Waals surface area contributed by atoms with Crippen molar-refractivity contribution in [3.8, 4) is 0 Å². The van der Waals surface area contributed by atoms with Crippen LogP contribution in [0.3, 0.4) is 0 Å². The van der Waals surface area contributed by atoms with Gasteiger partial charge in [0, 0.05) is 0 Å². The van der Waals surface area contributed by atoms with Crippen LogP contribution >= 0.6 is 0 Å². The van der Waals surface area contributed by atoms with E-state index in [9.17, 15) is 0 Å². The van der Waals surface area contributed by atoms with Gasteiger partial charge in [0.1, 0.15) is 0 Å². The average Bonchev–Trinajstić information content (AvgIpc) is 2.37. The summed E-state index contributed by atoms with van der Waals surface area (Å²) in [5.41, 5.74) is 0. The van der Waals surface area contributed by atoms with E-state index in [0.717, 1.165) is 6.42 Å². The molecule has 0 saturated carbocycles. The minimum Gasteiger partial charge on any atom is -0.455 e. The Balaban J connectivity index is 2.68. The third-order valence-electron chi connectivity index (χ3n) is 3.48. The second-order valence-electron chi connectivity index (χ2n) is 6.14. The first kappa shape index (κ1) is 16.8. The summed E-state index contributed by atoms with van der Waals surface area (Å²) in [5, 5.41) is 1.39. The van der Waals surface area contributed by atoms with E-state index in [2.05, 4.69) is 70.4 Å². The zero-order chi connectivity index (χ0) is 14.5. The van der Waals surface area contributed by atoms with Crippen molar-refractivity contribution in [3.05, 3.63) is 30.3 Å². The van der Waals surface area contributed by atoms with E-state index in [-0.39, 0.29) is 5.22 Å². The molecule has 1 rings (SSSR count). The van der Waals surface area contributed by atoms with Crippen LogP contribution in [-0.4, -0.2) is 32.3 Å². The van der Waals surface area contributed by atoms with Gasteiger partial charge in [-0.25, -0.2) is 0 Å². The van der Waals surface area contributed by atoms with Crippen LogP contribution in [0.15, 0.2) is 30.3 Å². The Morgan fingerprint density at radius 1 is 1.21 bits per heavy atom. The zero-order valence-corrected chi connectivity index (χ0v) is 16.8. The zero-order valence-electron chi connectivity index (χ0n) is 13.2. The molecule has 1 aromatic carbocycles. The second kappa shape index (κ2) is 6.99. The maximum absolute atomic E-state index is 6.45. The lowest BCUT2D eigenvalue weighted by molar-refractivity contribution is 0.158. The predicted molar refractivity (Wildman–Crippen MR) is 91.8 cm³/mol. The number of hydrogen-bond acceptors (Lipinski definition) is 2. The van der Waals surface area contributed by atoms with E-state index < -0.39 is 27.1 Å². The highest BCUT2D eigenvalue weighted by molar-refractivity contribution is 6.87. The van der Waals surface area contributed by atoms with Crippen molar-refractivity contribution in [2.24, 2.45) is 0 Å². The fourth-order valence-corrected chi connectivity index (χ4v) is 9.15. The molecule has 0 radical (unpaired) electrons. The molecule has 0 aliphatic rings. The molecule has 0 aromatic heterocycles. The molecule has 5 heteroatoms. The molecule has 0 fully saturated rings. The van der Waals surface area contributed by atoms with Crippen LogP contribution in [-0.2, 0) is 8.54 Å². The van der Waals surface area contributed by atoms with Gasteiger partial charge in [-0.05, 0) is 44.7 Å². The van der Waals surface area contributed by atoms with Crippen molar-refractivity contribution in [2.75, 3.05) is 0 Å². The molecule has 0 amide bonds. The summed E-state index contributed by atoms with van der Waals surface area (Å²) in [6.07, 6.45) is 1.06. The third-order valence-corrected chi connectivity index (χ3v) is 11.3. The molecule has 0 saturated heterocycles. The fourth-order valence-electron chi connectivity index (χ4n) is 2.04. The molecule has 108 valence electrons. The SMILES string of the molecule is CCC(C)(O[SiH](C)C)[SiH2]O[Si](C)(C)c1ccccc1. The van der Waals surface area contributed by atoms with Gasteiger partial charge < -0.3 is 8.54 Å². The van der Waals surface area contributed by atoms with Gasteiger partial charge in [-0.1, -0.05) is 37.3 Å². The van der Waals surface area contributed by atoms with E-state index in [4.69, 9.17) is 8.54 Å². The Morgan fingerprint density at radius 3 is 2.26 bits per heavy atom. The first-order valence-electron chi connectivity index (χ1n) is 7.16. The van der Waals surface area contributed by atoms with Gasteiger partial charge in [-0.2, -0.15) is 0 Å². The summed E-state index contributed by atoms with van der Waals surface area (Å²) in [7, 11) is -3.45. The Labute approximate surface area is 123 Å². The molecule has 0 bridgehead atoms. The van der Waals surface area contributed by atoms with Gasteiger partial charge in [0.05, 0.1) is 5.22 Å². The van der Waals surface area contributed by atoms with Crippen molar-refractivity contribution in [3.63, 3.8) is 0 Å². The van der Waals surface area contributed by atoms with Crippen LogP contribution in [0.2, 0.25) is 26.2 Å². The fraction of sp³-hybridized carbons (Fsp3) is 0.571. The summed E-state index contributed by atoms with van der Waals surface area (Å²) in [6, 6.07) is 10.7. The molecule has 0 heterocycles. The van der Waals surface area contributed by atoms with Crippen LogP contribution in [0.1, 0.15) is 20.3 Å². The van der Waals surface area contributed by atoms with E-state index in [1.165, 1.54) is 5.19 Å². The monoisotopic (exact) mass is 312 g/mol. The van der Waals surface area contributed by atoms with Gasteiger partial charge in [0.2, 0.25) is 8.32 Å². The lowest BCUT2D eigenvalue weighted by atomic mass is 10.3. The summed E-state index contributed by atoms with van der Waals surface area (Å²) in [4.78, 5) is 0. The number of benzene rings is 1. The summed E-state index contributed by atoms with van der Waals surface area (Å²) < 4.78 is 12.7. The molecular weight excluding hydrogens is 284 g/mol. The van der Waals surface area contributed by atoms with Crippen molar-refractivity contribution in [2.45, 2.75) is 51.7 Å². The number of hydrogen-bond donors (Lipinski definition) is 0. The minimum atomic E-state index is -1.76. The molecule has 1 unspecified atom stereocenters. The summed E-state index contributed by atoms with van der Waals surface area (Å²) in [6.45, 7) is 13.5. The van der Waals surface area contributed by atoms with E-state index in [0.29, 0.717) is 0 Å². The van der Waals surface area contributed by atoms with Crippen molar-refractivity contribution >= 4 is 32.3 Å². The van der Waals surface area contributed by atoms with Crippen LogP contribution < -0.4 is 5.19 Å². The first-order valence-corrected chi connectivity index (χ1v) is 14.1. The van der Waals surface area contributed by atoms with Gasteiger partial charge in [0.15, 0.2) is 18.8 Å². The van der Waals surface area contributed by atoms with Crippen LogP contribution in [0.5, 0.6) is 0 Å². The predicted octanol–water partition coefficient (Wildman–Crippen LogP) is 2.33. The molecule has 0 aliphatic carbocycles. The normalized spacial score (nSPS) is 16.2. The Hall–Kier alpha value is -0.209. The van der Waals surface area contributed by atoms with Crippen molar-refractivity contribution in [1.82, 2.24) is 0 Å². The molecule has 1 atom stereocenters. The van der Waals surface area contributed by atoms with Crippen LogP contribution in [0.25, 0.3) is 0 Å². The standard InChI is InChI=1S/C14H28O2Si3/c1-7-14(2,15-18(3)4)17-16-19(5,6)13-11-9-8-10-12-13/h8-12,18H,7,17H2,1-6H3. The molecule has 0 aliphatic heterocycles. The van der Waals surface area contributed by atoms with E-state index in [1.807, 2.05) is 0 Å². The maximum atomic E-state index is 6.45. The highest BCUT2D eigenvalue weighted by atomic mass is 28.4. The molecule has 0 spiro atoms. The Bertz CT molecular complexity index is 382. The van der Waals surface area contributed by atoms with Gasteiger partial charge in [0.25, 0.3) is 0 Å². The lowest BCUT2D eigenvalue weighted by Crippen LogP contribution is -2.51. The largest absolute Gasteiger partial charge is 0.455 e. The van der Waals surface area contributed by atoms with E-state index in [1.54, 1.807) is 0 Å². The molecular formula is C14H28O2Si3. The Morgan fingerprint density at radius 2 is 1.79 bits per heavy atom. The summed E-state index contributed by atoms with van der Waals surface area (Å²) >= 11 is 0. The molecule has 19 heavy (non-hydrogen) atoms. The van der Waals surface area contributed by atoms with Crippen LogP contribution in [0, 0.1) is 0 Å². The van der Waals surface area contributed by atoms with Crippen LogP contribution in [0.4, 0.5) is 0 Å². The first-order chi connectivity index (χ1) is 8.79. The Kier molecular flexibility index (Phi) is 6.20. The third kappa shape index (κ3) is 5.35. The topological polar surface area (TPSA) is 18.5 Å².